The van der Waals surface area contributed by atoms with Gasteiger partial charge in [-0.05, 0) is 70.8 Å². The van der Waals surface area contributed by atoms with Crippen molar-refractivity contribution in [3.63, 3.8) is 0 Å². The van der Waals surface area contributed by atoms with Crippen molar-refractivity contribution in [1.29, 1.82) is 0 Å². The standard InChI is InChI=1S/C35H62O8/c1-3-4-5-6-7-8-9-10-11-12-18-31(39)33-23-24-34(43-33)32(40)20-15-19-30(38)29(37)17-14-13-16-28(36)22-21-27-25-26(2)42-35(27)41/h25-26,29-34,37-40H,3-24H2,1-2H3. The molecule has 250 valence electrons. The molecule has 0 aromatic rings. The van der Waals surface area contributed by atoms with Crippen molar-refractivity contribution in [1.82, 2.24) is 0 Å². The Bertz CT molecular complexity index is 799. The lowest BCUT2D eigenvalue weighted by Gasteiger charge is -2.23. The Morgan fingerprint density at radius 3 is 1.81 bits per heavy atom. The van der Waals surface area contributed by atoms with E-state index in [-0.39, 0.29) is 30.1 Å². The highest BCUT2D eigenvalue weighted by Crippen LogP contribution is 2.28. The molecule has 7 atom stereocenters. The summed E-state index contributed by atoms with van der Waals surface area (Å²) in [6, 6.07) is 0. The van der Waals surface area contributed by atoms with Gasteiger partial charge in [-0.3, -0.25) is 4.79 Å². The minimum absolute atomic E-state index is 0.0833. The van der Waals surface area contributed by atoms with Gasteiger partial charge in [-0.2, -0.15) is 0 Å². The van der Waals surface area contributed by atoms with Gasteiger partial charge in [0.05, 0.1) is 36.6 Å². The minimum Gasteiger partial charge on any atom is -0.455 e. The first-order valence-electron chi connectivity index (χ1n) is 17.5. The molecule has 1 saturated heterocycles. The second-order valence-corrected chi connectivity index (χ2v) is 13.0. The van der Waals surface area contributed by atoms with Crippen LogP contribution in [0.5, 0.6) is 0 Å². The Kier molecular flexibility index (Phi) is 19.6. The van der Waals surface area contributed by atoms with E-state index in [0.29, 0.717) is 63.4 Å². The molecule has 0 amide bonds. The van der Waals surface area contributed by atoms with Gasteiger partial charge >= 0.3 is 5.97 Å². The van der Waals surface area contributed by atoms with Crippen LogP contribution in [0.15, 0.2) is 11.6 Å². The van der Waals surface area contributed by atoms with Crippen LogP contribution in [0, 0.1) is 0 Å². The molecule has 7 unspecified atom stereocenters. The number of hydrogen-bond donors (Lipinski definition) is 4. The average Bonchev–Trinajstić information content (AvgIpc) is 3.61. The number of cyclic esters (lactones) is 1. The average molecular weight is 611 g/mol. The largest absolute Gasteiger partial charge is 0.455 e. The molecule has 0 radical (unpaired) electrons. The molecule has 2 aliphatic heterocycles. The van der Waals surface area contributed by atoms with Crippen molar-refractivity contribution in [3.05, 3.63) is 11.6 Å². The quantitative estimate of drug-likeness (QED) is 0.0668. The van der Waals surface area contributed by atoms with Crippen molar-refractivity contribution >= 4 is 11.8 Å². The van der Waals surface area contributed by atoms with Gasteiger partial charge in [-0.15, -0.1) is 0 Å². The number of carbonyl (C=O) groups is 2. The second kappa shape index (κ2) is 22.2. The van der Waals surface area contributed by atoms with Gasteiger partial charge < -0.3 is 29.9 Å². The first-order chi connectivity index (χ1) is 20.7. The zero-order valence-electron chi connectivity index (χ0n) is 27.1. The van der Waals surface area contributed by atoms with E-state index in [1.807, 2.05) is 0 Å². The summed E-state index contributed by atoms with van der Waals surface area (Å²) in [6.45, 7) is 4.04. The maximum atomic E-state index is 12.1. The van der Waals surface area contributed by atoms with Gasteiger partial charge in [0.25, 0.3) is 0 Å². The molecule has 0 aliphatic carbocycles. The zero-order chi connectivity index (χ0) is 31.5. The number of Topliss-reactive ketones (excluding diaryl/α,β-unsaturated/α-hetero) is 1. The Morgan fingerprint density at radius 1 is 0.744 bits per heavy atom. The summed E-state index contributed by atoms with van der Waals surface area (Å²) in [7, 11) is 0. The van der Waals surface area contributed by atoms with Gasteiger partial charge in [-0.25, -0.2) is 4.79 Å². The van der Waals surface area contributed by atoms with Crippen molar-refractivity contribution in [2.75, 3.05) is 0 Å². The number of rotatable bonds is 26. The van der Waals surface area contributed by atoms with Crippen LogP contribution in [0.25, 0.3) is 0 Å². The third-order valence-corrected chi connectivity index (χ3v) is 9.11. The van der Waals surface area contributed by atoms with Crippen LogP contribution in [0.3, 0.4) is 0 Å². The van der Waals surface area contributed by atoms with E-state index in [4.69, 9.17) is 9.47 Å². The Hall–Kier alpha value is -1.32. The summed E-state index contributed by atoms with van der Waals surface area (Å²) in [5.41, 5.74) is 0.570. The molecule has 43 heavy (non-hydrogen) atoms. The van der Waals surface area contributed by atoms with E-state index in [2.05, 4.69) is 6.92 Å². The molecule has 0 aromatic carbocycles. The van der Waals surface area contributed by atoms with Crippen molar-refractivity contribution < 1.29 is 39.5 Å². The number of carbonyl (C=O) groups excluding carboxylic acids is 2. The molecule has 2 aliphatic rings. The van der Waals surface area contributed by atoms with Crippen molar-refractivity contribution in [3.8, 4) is 0 Å². The molecule has 2 rings (SSSR count). The van der Waals surface area contributed by atoms with Crippen LogP contribution >= 0.6 is 0 Å². The number of unbranched alkanes of at least 4 members (excludes halogenated alkanes) is 10. The zero-order valence-corrected chi connectivity index (χ0v) is 27.1. The first-order valence-corrected chi connectivity index (χ1v) is 17.5. The summed E-state index contributed by atoms with van der Waals surface area (Å²) < 4.78 is 11.0. The fourth-order valence-electron chi connectivity index (χ4n) is 6.28. The molecule has 1 fully saturated rings. The van der Waals surface area contributed by atoms with E-state index in [1.165, 1.54) is 51.4 Å². The molecule has 8 nitrogen and oxygen atoms in total. The summed E-state index contributed by atoms with van der Waals surface area (Å²) in [4.78, 5) is 23.7. The molecule has 2 heterocycles. The molecule has 8 heteroatoms. The van der Waals surface area contributed by atoms with E-state index in [9.17, 15) is 30.0 Å². The van der Waals surface area contributed by atoms with Crippen LogP contribution in [-0.4, -0.2) is 74.9 Å². The lowest BCUT2D eigenvalue weighted by molar-refractivity contribution is -0.139. The maximum absolute atomic E-state index is 12.1. The SMILES string of the molecule is CCCCCCCCCCCCC(O)C1CCC(C(O)CCCC(O)C(O)CCCCC(=O)CCC2=CC(C)OC2=O)O1. The number of aliphatic hydroxyl groups excluding tert-OH is 4. The van der Waals surface area contributed by atoms with Crippen molar-refractivity contribution in [2.24, 2.45) is 0 Å². The first kappa shape index (κ1) is 37.9. The molecular weight excluding hydrogens is 548 g/mol. The number of ketones is 1. The molecule has 0 spiro atoms. The summed E-state index contributed by atoms with van der Waals surface area (Å²) in [5, 5.41) is 41.9. The third kappa shape index (κ3) is 16.0. The van der Waals surface area contributed by atoms with Crippen molar-refractivity contribution in [2.45, 2.75) is 198 Å². The fourth-order valence-corrected chi connectivity index (χ4v) is 6.28. The highest BCUT2D eigenvalue weighted by atomic mass is 16.5. The van der Waals surface area contributed by atoms with E-state index in [1.54, 1.807) is 13.0 Å². The van der Waals surface area contributed by atoms with Gasteiger partial charge in [-0.1, -0.05) is 77.6 Å². The second-order valence-electron chi connectivity index (χ2n) is 13.0. The number of ether oxygens (including phenoxy) is 2. The summed E-state index contributed by atoms with van der Waals surface area (Å²) in [6.07, 6.45) is 17.3. The van der Waals surface area contributed by atoms with Crippen LogP contribution < -0.4 is 0 Å². The van der Waals surface area contributed by atoms with Gasteiger partial charge in [0, 0.05) is 18.4 Å². The van der Waals surface area contributed by atoms with Crippen LogP contribution in [-0.2, 0) is 19.1 Å². The topological polar surface area (TPSA) is 134 Å². The molecule has 0 saturated carbocycles. The van der Waals surface area contributed by atoms with Crippen LogP contribution in [0.4, 0.5) is 0 Å². The minimum atomic E-state index is -0.870. The number of esters is 1. The smallest absolute Gasteiger partial charge is 0.334 e. The van der Waals surface area contributed by atoms with Crippen LogP contribution in [0.1, 0.15) is 155 Å². The van der Waals surface area contributed by atoms with Gasteiger partial charge in [0.2, 0.25) is 0 Å². The Balaban J connectivity index is 1.46. The highest BCUT2D eigenvalue weighted by molar-refractivity contribution is 5.91. The predicted octanol–water partition coefficient (Wildman–Crippen LogP) is 6.24. The molecule has 0 aromatic heterocycles. The van der Waals surface area contributed by atoms with E-state index < -0.39 is 24.4 Å². The molecule has 0 bridgehead atoms. The Labute approximate surface area is 260 Å². The van der Waals surface area contributed by atoms with Gasteiger partial charge in [0.15, 0.2) is 0 Å². The fraction of sp³-hybridized carbons (Fsp3) is 0.886. The lowest BCUT2D eigenvalue weighted by atomic mass is 9.97. The lowest BCUT2D eigenvalue weighted by Crippen LogP contribution is -2.31. The molecule has 4 N–H and O–H groups in total. The van der Waals surface area contributed by atoms with E-state index in [0.717, 1.165) is 32.1 Å². The normalized spacial score (nSPS) is 23.2. The summed E-state index contributed by atoms with van der Waals surface area (Å²) >= 11 is 0. The highest BCUT2D eigenvalue weighted by Gasteiger charge is 2.34. The maximum Gasteiger partial charge on any atom is 0.334 e. The van der Waals surface area contributed by atoms with E-state index >= 15 is 0 Å². The number of aliphatic hydroxyl groups is 4. The number of hydrogen-bond acceptors (Lipinski definition) is 8. The van der Waals surface area contributed by atoms with Gasteiger partial charge in [0.1, 0.15) is 11.9 Å². The molecular formula is C35H62O8. The Morgan fingerprint density at radius 2 is 1.26 bits per heavy atom. The summed E-state index contributed by atoms with van der Waals surface area (Å²) in [5.74, 6) is -0.251. The third-order valence-electron chi connectivity index (χ3n) is 9.11. The monoisotopic (exact) mass is 610 g/mol. The predicted molar refractivity (Wildman–Crippen MR) is 169 cm³/mol. The van der Waals surface area contributed by atoms with Crippen LogP contribution in [0.2, 0.25) is 0 Å².